The van der Waals surface area contributed by atoms with Crippen LogP contribution in [-0.2, 0) is 33.8 Å². The lowest BCUT2D eigenvalue weighted by atomic mass is 9.96. The number of methoxy groups -OCH3 is 3. The molecule has 0 saturated heterocycles. The largest absolute Gasteiger partial charge is 0.497 e. The minimum atomic E-state index is -1.15. The first-order chi connectivity index (χ1) is 62.9. The van der Waals surface area contributed by atoms with Crippen LogP contribution in [0.15, 0.2) is 205 Å². The molecule has 130 heavy (non-hydrogen) atoms. The van der Waals surface area contributed by atoms with Gasteiger partial charge in [0.1, 0.15) is 44.5 Å². The molecule has 28 nitrogen and oxygen atoms in total. The molecule has 8 heterocycles. The smallest absolute Gasteiger partial charge is 0.362 e. The van der Waals surface area contributed by atoms with Gasteiger partial charge in [-0.25, -0.2) is 53.2 Å². The SMILES string of the molecule is CCOC(=O)c1nnn(Cc2ccc(OC)cc2)c1Sc1nc(-c2ccc(Cl)c(Cl)c2)cs1.COc1ccc(Cn2nnc(C(=O)O)c2Sc2nc(-c3ccc(Cl)c(Cl)c3)cs2)cc1.COc1ccc(Cn2nnc(C(=O)OC3CCC3)c2Sc2nc(-c3ccc(Cl)c(Cl)c3)cs2)cc1.O=C(OC1CCC1)c1n[nH]nc1Sc1nc(-c2ccc(Cl)c(Cl)c2)cs1.OC1CCC1. The summed E-state index contributed by atoms with van der Waals surface area (Å²) in [4.78, 5) is 67.8. The molecule has 3 aliphatic carbocycles. The Morgan fingerprint density at radius 3 is 1.01 bits per heavy atom. The van der Waals surface area contributed by atoms with Crippen molar-refractivity contribution in [1.29, 1.82) is 0 Å². The number of nitrogens with zero attached hydrogens (tertiary/aromatic N) is 15. The zero-order chi connectivity index (χ0) is 91.5. The number of aliphatic hydroxyl groups is 1. The normalized spacial score (nSPS) is 12.8. The predicted octanol–water partition coefficient (Wildman–Crippen LogP) is 24.0. The molecular weight excluding hydrogens is 1990 g/mol. The van der Waals surface area contributed by atoms with Crippen molar-refractivity contribution in [3.05, 3.63) is 247 Å². The van der Waals surface area contributed by atoms with E-state index in [4.69, 9.17) is 131 Å². The fourth-order valence-corrected chi connectivity index (χ4v) is 20.3. The molecule has 8 aromatic heterocycles. The van der Waals surface area contributed by atoms with Crippen molar-refractivity contribution in [3.63, 3.8) is 0 Å². The van der Waals surface area contributed by atoms with Crippen LogP contribution in [0.1, 0.15) is 123 Å². The van der Waals surface area contributed by atoms with Crippen LogP contribution in [-0.4, -0.2) is 161 Å². The number of carboxylic acids is 1. The molecule has 0 bridgehead atoms. The van der Waals surface area contributed by atoms with Crippen molar-refractivity contribution >= 4 is 209 Å². The molecule has 672 valence electrons. The van der Waals surface area contributed by atoms with E-state index in [-0.39, 0.29) is 47.7 Å². The predicted molar refractivity (Wildman–Crippen MR) is 508 cm³/mol. The molecule has 0 unspecified atom stereocenters. The Kier molecular flexibility index (Phi) is 34.4. The number of aromatic amines is 1. The number of nitrogens with one attached hydrogen (secondary N) is 1. The number of hydrogen-bond donors (Lipinski definition) is 3. The van der Waals surface area contributed by atoms with E-state index in [1.165, 1.54) is 98.8 Å². The van der Waals surface area contributed by atoms with Gasteiger partial charge in [0.25, 0.3) is 0 Å². The highest BCUT2D eigenvalue weighted by Gasteiger charge is 2.32. The first kappa shape index (κ1) is 96.6. The van der Waals surface area contributed by atoms with Crippen molar-refractivity contribution in [3.8, 4) is 62.3 Å². The highest BCUT2D eigenvalue weighted by Crippen LogP contribution is 2.43. The van der Waals surface area contributed by atoms with E-state index in [1.807, 2.05) is 119 Å². The zero-order valence-corrected chi connectivity index (χ0v) is 81.1. The van der Waals surface area contributed by atoms with Gasteiger partial charge in [0.05, 0.1) is 117 Å². The van der Waals surface area contributed by atoms with E-state index in [2.05, 4.69) is 61.3 Å². The number of H-pyrrole nitrogens is 1. The molecule has 0 spiro atoms. The molecule has 0 amide bonds. The van der Waals surface area contributed by atoms with E-state index in [0.717, 1.165) is 143 Å². The molecule has 3 saturated carbocycles. The van der Waals surface area contributed by atoms with E-state index < -0.39 is 23.9 Å². The third-order valence-corrected chi connectivity index (χ3v) is 30.4. The summed E-state index contributed by atoms with van der Waals surface area (Å²) in [5.74, 6) is -0.319. The van der Waals surface area contributed by atoms with Gasteiger partial charge in [-0.1, -0.05) is 169 Å². The van der Waals surface area contributed by atoms with Crippen molar-refractivity contribution in [1.82, 2.24) is 80.3 Å². The Balaban J connectivity index is 0.000000138. The number of carbonyl (C=O) groups excluding carboxylic acids is 3. The van der Waals surface area contributed by atoms with Crippen LogP contribution in [0.4, 0.5) is 0 Å². The Labute approximate surface area is 816 Å². The average molecular weight is 2060 g/mol. The third kappa shape index (κ3) is 25.7. The van der Waals surface area contributed by atoms with Crippen LogP contribution in [0.2, 0.25) is 40.2 Å². The number of halogens is 8. The van der Waals surface area contributed by atoms with E-state index >= 15 is 0 Å². The number of aromatic carboxylic acids is 1. The van der Waals surface area contributed by atoms with Crippen molar-refractivity contribution in [2.24, 2.45) is 0 Å². The zero-order valence-electron chi connectivity index (χ0n) is 68.6. The maximum Gasteiger partial charge on any atom is 0.362 e. The summed E-state index contributed by atoms with van der Waals surface area (Å²) < 4.78 is 39.6. The maximum absolute atomic E-state index is 12.9. The number of ether oxygens (including phenoxy) is 6. The van der Waals surface area contributed by atoms with Gasteiger partial charge in [0, 0.05) is 43.8 Å². The Morgan fingerprint density at radius 1 is 0.408 bits per heavy atom. The van der Waals surface area contributed by atoms with Gasteiger partial charge < -0.3 is 38.6 Å². The second-order valence-electron chi connectivity index (χ2n) is 28.2. The van der Waals surface area contributed by atoms with Crippen LogP contribution >= 0.6 is 185 Å². The second-order valence-corrected chi connectivity index (χ2v) is 39.8. The topological polar surface area (TPSA) is 349 Å². The third-order valence-electron chi connectivity index (χ3n) is 19.4. The van der Waals surface area contributed by atoms with Crippen LogP contribution in [0.5, 0.6) is 17.2 Å². The standard InChI is InChI=1S/C24H20Cl2N4O3S2.C22H18Cl2N4O3S2.C20H14Cl2N4O3S2.C16H12Cl2N4O2S2.C4H8O/c1-32-16-8-5-14(6-9-16)12-30-22(21(28-29-30)23(31)33-17-3-2-4-17)35-24-27-20(13-34-24)15-7-10-18(25)19(26)11-15;1-3-31-21(29)19-20(28(27-26-19)11-13-4-7-15(30-2)8-5-13)33-22-25-18(12-32-22)14-6-9-16(23)17(24)10-14;1-29-13-5-2-11(3-6-13)9-26-18(17(19(27)28)24-25-26)31-20-23-16(10-30-20)12-4-7-14(21)15(22)8-12;17-10-5-4-8(6-11(10)18)12-7-25-16(19-12)26-14-13(20-22-21-14)15(23)24-9-2-1-3-9;5-4-2-1-3-4/h5-11,13,17H,2-4,12H2,1H3;4-10,12H,3,11H2,1-2H3;2-8,10H,9H2,1H3,(H,27,28);4-7,9H,1-3H2,(H,20,21,22);4-5H,1-3H2. The molecule has 3 N–H and O–H groups in total. The Bertz CT molecular complexity index is 6450. The lowest BCUT2D eigenvalue weighted by Crippen LogP contribution is -2.25. The summed E-state index contributed by atoms with van der Waals surface area (Å²) in [5, 5.41) is 66.5. The monoisotopic (exact) mass is 2060 g/mol. The lowest BCUT2D eigenvalue weighted by molar-refractivity contribution is 0.00709. The molecule has 0 radical (unpaired) electrons. The summed E-state index contributed by atoms with van der Waals surface area (Å²) in [6.07, 6.45) is 9.08. The van der Waals surface area contributed by atoms with Crippen molar-refractivity contribution in [2.75, 3.05) is 27.9 Å². The number of aliphatic hydroxyl groups excluding tert-OH is 1. The summed E-state index contributed by atoms with van der Waals surface area (Å²) in [5.41, 5.74) is 9.74. The fraction of sp³-hybridized carbons (Fsp3) is 0.233. The second kappa shape index (κ2) is 46.3. The molecule has 7 aromatic carbocycles. The number of thiazole rings is 4. The molecular formula is C86H72Cl8N16O12S8. The minimum absolute atomic E-state index is 0.00170. The maximum atomic E-state index is 12.9. The molecule has 3 fully saturated rings. The number of rotatable bonds is 28. The Morgan fingerprint density at radius 2 is 0.715 bits per heavy atom. The first-order valence-corrected chi connectivity index (χ1v) is 49.2. The Hall–Kier alpha value is -9.42. The summed E-state index contributed by atoms with van der Waals surface area (Å²) in [7, 11) is 4.84. The number of hydrogen-bond acceptors (Lipinski definition) is 31. The minimum Gasteiger partial charge on any atom is -0.497 e. The average Bonchev–Trinajstić information content (AvgIpc) is 1.66. The van der Waals surface area contributed by atoms with Crippen molar-refractivity contribution in [2.45, 2.75) is 140 Å². The number of carbonyl (C=O) groups is 4. The lowest BCUT2D eigenvalue weighted by Gasteiger charge is -2.24. The van der Waals surface area contributed by atoms with Crippen LogP contribution < -0.4 is 14.2 Å². The molecule has 0 atom stereocenters. The van der Waals surface area contributed by atoms with Gasteiger partial charge >= 0.3 is 23.9 Å². The van der Waals surface area contributed by atoms with Crippen LogP contribution in [0.25, 0.3) is 45.0 Å². The number of esters is 3. The summed E-state index contributed by atoms with van der Waals surface area (Å²) in [6.45, 7) is 3.20. The number of aromatic nitrogens is 16. The molecule has 15 aromatic rings. The first-order valence-electron chi connectivity index (χ1n) is 39.4. The number of benzene rings is 7. The molecule has 3 aliphatic rings. The van der Waals surface area contributed by atoms with Crippen molar-refractivity contribution < 1.29 is 57.8 Å². The quantitative estimate of drug-likeness (QED) is 0.0303. The highest BCUT2D eigenvalue weighted by molar-refractivity contribution is 8.01. The molecule has 18 rings (SSSR count). The van der Waals surface area contributed by atoms with Crippen LogP contribution in [0.3, 0.4) is 0 Å². The molecule has 44 heteroatoms. The van der Waals surface area contributed by atoms with Gasteiger partial charge in [-0.3, -0.25) is 0 Å². The summed E-state index contributed by atoms with van der Waals surface area (Å²) in [6, 6.07) is 44.1. The summed E-state index contributed by atoms with van der Waals surface area (Å²) >= 11 is 59.4. The van der Waals surface area contributed by atoms with Gasteiger partial charge in [0.15, 0.2) is 22.4 Å². The number of carboxylic acid groups (broad SMARTS) is 1. The van der Waals surface area contributed by atoms with E-state index in [1.54, 1.807) is 90.8 Å². The highest BCUT2D eigenvalue weighted by atomic mass is 35.5. The van der Waals surface area contributed by atoms with E-state index in [0.29, 0.717) is 84.3 Å². The fourth-order valence-electron chi connectivity index (χ4n) is 11.7. The van der Waals surface area contributed by atoms with Gasteiger partial charge in [-0.2, -0.15) is 5.21 Å². The molecule has 0 aliphatic heterocycles. The van der Waals surface area contributed by atoms with E-state index in [9.17, 15) is 24.3 Å². The van der Waals surface area contributed by atoms with Gasteiger partial charge in [0.2, 0.25) is 22.8 Å². The van der Waals surface area contributed by atoms with Gasteiger partial charge in [-0.05, 0) is 213 Å². The van der Waals surface area contributed by atoms with Crippen LogP contribution in [0, 0.1) is 0 Å². The van der Waals surface area contributed by atoms with Gasteiger partial charge in [-0.15, -0.1) is 70.8 Å².